The summed E-state index contributed by atoms with van der Waals surface area (Å²) in [4.78, 5) is 4.61. The van der Waals surface area contributed by atoms with Crippen molar-refractivity contribution in [2.45, 2.75) is 17.5 Å². The molecule has 0 saturated heterocycles. The van der Waals surface area contributed by atoms with Gasteiger partial charge in [0.2, 0.25) is 22.7 Å². The molecule has 190 valence electrons. The Morgan fingerprint density at radius 2 is 1.73 bits per heavy atom. The third kappa shape index (κ3) is 5.89. The maximum Gasteiger partial charge on any atom is 0.241 e. The van der Waals surface area contributed by atoms with Crippen LogP contribution in [0.4, 0.5) is 0 Å². The van der Waals surface area contributed by atoms with Gasteiger partial charge < -0.3 is 4.42 Å². The van der Waals surface area contributed by atoms with Gasteiger partial charge in [-0.25, -0.2) is 26.5 Å². The van der Waals surface area contributed by atoms with Crippen LogP contribution in [-0.4, -0.2) is 32.0 Å². The molecule has 37 heavy (non-hydrogen) atoms. The quantitative estimate of drug-likeness (QED) is 0.249. The Balaban J connectivity index is 1.56. The number of thiol groups is 1. The van der Waals surface area contributed by atoms with Crippen LogP contribution in [0, 0.1) is 0 Å². The number of hydrogen-bond acceptors (Lipinski definition) is 9. The first-order valence-corrected chi connectivity index (χ1v) is 15.0. The molecule has 0 radical (unpaired) electrons. The lowest BCUT2D eigenvalue weighted by molar-refractivity contribution is 0.444. The highest BCUT2D eigenvalue weighted by Crippen LogP contribution is 2.38. The predicted octanol–water partition coefficient (Wildman–Crippen LogP) is 4.32. The molecule has 0 aliphatic heterocycles. The Morgan fingerprint density at radius 3 is 2.46 bits per heavy atom. The van der Waals surface area contributed by atoms with Crippen LogP contribution in [0.5, 0.6) is 0 Å². The van der Waals surface area contributed by atoms with E-state index in [2.05, 4.69) is 19.9 Å². The van der Waals surface area contributed by atoms with E-state index in [9.17, 15) is 16.8 Å². The Labute approximate surface area is 223 Å². The van der Waals surface area contributed by atoms with Crippen molar-refractivity contribution in [3.8, 4) is 11.1 Å². The van der Waals surface area contributed by atoms with Crippen LogP contribution in [0.15, 0.2) is 77.2 Å². The van der Waals surface area contributed by atoms with Gasteiger partial charge in [0, 0.05) is 5.02 Å². The smallest absolute Gasteiger partial charge is 0.241 e. The molecule has 1 atom stereocenters. The summed E-state index contributed by atoms with van der Waals surface area (Å²) in [6.07, 6.45) is 0. The molecule has 9 nitrogen and oxygen atoms in total. The summed E-state index contributed by atoms with van der Waals surface area (Å²) in [6.45, 7) is -0.254. The Hall–Kier alpha value is -3.16. The third-order valence-corrected chi connectivity index (χ3v) is 9.22. The zero-order valence-electron chi connectivity index (χ0n) is 18.9. The second-order valence-corrected chi connectivity index (χ2v) is 12.5. The maximum atomic E-state index is 13.7. The topological polar surface area (TPSA) is 132 Å². The Bertz CT molecular complexity index is 1730. The first kappa shape index (κ1) is 25.5. The van der Waals surface area contributed by atoms with E-state index in [1.807, 2.05) is 48.5 Å². The molecule has 5 rings (SSSR count). The van der Waals surface area contributed by atoms with Crippen LogP contribution in [0.2, 0.25) is 5.02 Å². The molecule has 5 aromatic rings. The molecule has 1 unspecified atom stereocenters. The van der Waals surface area contributed by atoms with E-state index in [1.54, 1.807) is 24.3 Å². The number of thiazole rings is 1. The van der Waals surface area contributed by atoms with Gasteiger partial charge in [-0.05, 0) is 41.0 Å². The minimum Gasteiger partial charge on any atom is -0.422 e. The molecule has 1 N–H and O–H groups in total. The summed E-state index contributed by atoms with van der Waals surface area (Å²) < 4.78 is 57.7. The minimum atomic E-state index is -3.95. The van der Waals surface area contributed by atoms with Gasteiger partial charge in [0.05, 0.1) is 22.5 Å². The molecule has 0 amide bonds. The predicted molar refractivity (Wildman–Crippen MR) is 142 cm³/mol. The summed E-state index contributed by atoms with van der Waals surface area (Å²) in [7, 11) is -6.84. The summed E-state index contributed by atoms with van der Waals surface area (Å²) in [5.74, 6) is -0.565. The molecule has 0 spiro atoms. The summed E-state index contributed by atoms with van der Waals surface area (Å²) in [6, 6.07) is 22.0. The molecule has 2 aromatic heterocycles. The number of aromatic nitrogens is 3. The van der Waals surface area contributed by atoms with Gasteiger partial charge in [-0.2, -0.15) is 0 Å². The fourth-order valence-electron chi connectivity index (χ4n) is 3.75. The highest BCUT2D eigenvalue weighted by atomic mass is 35.5. The second-order valence-electron chi connectivity index (χ2n) is 8.04. The van der Waals surface area contributed by atoms with Crippen molar-refractivity contribution in [1.29, 1.82) is 0 Å². The molecule has 2 heterocycles. The molecule has 0 aliphatic carbocycles. The van der Waals surface area contributed by atoms with Crippen LogP contribution < -0.4 is 4.72 Å². The first-order valence-electron chi connectivity index (χ1n) is 10.9. The monoisotopic (exact) mass is 574 g/mol. The number of nitrogens with zero attached hydrogens (tertiary/aromatic N) is 3. The van der Waals surface area contributed by atoms with Gasteiger partial charge in [0.1, 0.15) is 5.01 Å². The van der Waals surface area contributed by atoms with Crippen molar-refractivity contribution >= 4 is 53.9 Å². The number of hydrogen-bond donors (Lipinski definition) is 2. The van der Waals surface area contributed by atoms with Crippen molar-refractivity contribution in [1.82, 2.24) is 19.9 Å². The van der Waals surface area contributed by atoms with Crippen LogP contribution >= 0.6 is 22.9 Å². The SMILES string of the molecule is O=[SH](=O)NCc1nnc(C(c2nc3ccc(-c4ccccc4)cc3s2)S(=O)(=O)Cc2ccc(Cl)cc2)o1. The van der Waals surface area contributed by atoms with Gasteiger partial charge in [0.15, 0.2) is 15.1 Å². The Kier molecular flexibility index (Phi) is 7.36. The molecular weight excluding hydrogens is 556 g/mol. The lowest BCUT2D eigenvalue weighted by atomic mass is 10.1. The van der Waals surface area contributed by atoms with E-state index in [0.717, 1.165) is 15.8 Å². The molecule has 3 aromatic carbocycles. The Morgan fingerprint density at radius 1 is 0.973 bits per heavy atom. The largest absolute Gasteiger partial charge is 0.422 e. The van der Waals surface area contributed by atoms with Crippen molar-refractivity contribution in [3.05, 3.63) is 100 Å². The van der Waals surface area contributed by atoms with Crippen molar-refractivity contribution in [3.63, 3.8) is 0 Å². The van der Waals surface area contributed by atoms with Crippen molar-refractivity contribution in [2.24, 2.45) is 0 Å². The van der Waals surface area contributed by atoms with Gasteiger partial charge >= 0.3 is 0 Å². The van der Waals surface area contributed by atoms with Crippen LogP contribution in [0.1, 0.15) is 27.6 Å². The average Bonchev–Trinajstić information content (AvgIpc) is 3.51. The number of benzene rings is 3. The normalized spacial score (nSPS) is 12.8. The molecule has 0 bridgehead atoms. The van der Waals surface area contributed by atoms with Crippen LogP contribution in [-0.2, 0) is 33.0 Å². The number of rotatable bonds is 9. The average molecular weight is 575 g/mol. The van der Waals surface area contributed by atoms with Gasteiger partial charge in [-0.1, -0.05) is 60.1 Å². The van der Waals surface area contributed by atoms with E-state index >= 15 is 0 Å². The van der Waals surface area contributed by atoms with E-state index < -0.39 is 26.0 Å². The lowest BCUT2D eigenvalue weighted by Gasteiger charge is -2.12. The summed E-state index contributed by atoms with van der Waals surface area (Å²) in [5, 5.41) is 7.18. The van der Waals surface area contributed by atoms with Crippen molar-refractivity contribution in [2.75, 3.05) is 0 Å². The standard InChI is InChI=1S/C24H19ClN4O5S3/c25-18-9-6-15(7-10-18)14-37(32,33)22(23-29-28-21(34-23)13-26-36(30)31)24-27-19-11-8-17(12-20(19)35-24)16-4-2-1-3-5-16/h1-12,22,36H,13-14H2,(H,26,30,31). The third-order valence-electron chi connectivity index (χ3n) is 5.44. The number of fused-ring (bicyclic) bond motifs is 1. The van der Waals surface area contributed by atoms with Crippen molar-refractivity contribution < 1.29 is 21.3 Å². The number of sulfone groups is 1. The number of halogens is 1. The van der Waals surface area contributed by atoms with E-state index in [4.69, 9.17) is 16.0 Å². The zero-order chi connectivity index (χ0) is 26.0. The molecular formula is C24H19ClN4O5S3. The molecule has 0 fully saturated rings. The summed E-state index contributed by atoms with van der Waals surface area (Å²) >= 11 is 7.18. The first-order chi connectivity index (χ1) is 17.8. The number of nitrogens with one attached hydrogen (secondary N) is 1. The minimum absolute atomic E-state index is 0.0617. The fraction of sp³-hybridized carbons (Fsp3) is 0.125. The second kappa shape index (κ2) is 10.7. The maximum absolute atomic E-state index is 13.7. The molecule has 13 heteroatoms. The zero-order valence-corrected chi connectivity index (χ0v) is 22.2. The van der Waals surface area contributed by atoms with E-state index in [-0.39, 0.29) is 29.1 Å². The van der Waals surface area contributed by atoms with Crippen LogP contribution in [0.25, 0.3) is 21.3 Å². The molecule has 0 aliphatic rings. The van der Waals surface area contributed by atoms with E-state index in [1.165, 1.54) is 11.3 Å². The fourth-order valence-corrected chi connectivity index (χ4v) is 7.29. The van der Waals surface area contributed by atoms with Gasteiger partial charge in [0.25, 0.3) is 0 Å². The van der Waals surface area contributed by atoms with Gasteiger partial charge in [-0.15, -0.1) is 21.5 Å². The van der Waals surface area contributed by atoms with E-state index in [0.29, 0.717) is 16.1 Å². The van der Waals surface area contributed by atoms with Gasteiger partial charge in [-0.3, -0.25) is 0 Å². The highest BCUT2D eigenvalue weighted by molar-refractivity contribution is 7.91. The molecule has 0 saturated carbocycles. The summed E-state index contributed by atoms with van der Waals surface area (Å²) in [5.41, 5.74) is 3.17. The van der Waals surface area contributed by atoms with Crippen LogP contribution in [0.3, 0.4) is 0 Å². The highest BCUT2D eigenvalue weighted by Gasteiger charge is 2.37. The lowest BCUT2D eigenvalue weighted by Crippen LogP contribution is -2.17.